The molecular formula is C24H28ClN3O5. The number of Topliss-reactive ketones (excluding diaryl/α,β-unsaturated/α-hetero) is 1. The first kappa shape index (κ1) is 24.5. The number of ether oxygens (including phenoxy) is 2. The Morgan fingerprint density at radius 3 is 2.70 bits per heavy atom. The Morgan fingerprint density at radius 2 is 1.97 bits per heavy atom. The van der Waals surface area contributed by atoms with Crippen molar-refractivity contribution >= 4 is 34.9 Å². The van der Waals surface area contributed by atoms with Gasteiger partial charge in [-0.05, 0) is 49.5 Å². The van der Waals surface area contributed by atoms with Crippen LogP contribution in [0.15, 0.2) is 42.5 Å². The number of nitrogens with zero attached hydrogens (tertiary/aromatic N) is 2. The van der Waals surface area contributed by atoms with Crippen LogP contribution in [0, 0.1) is 0 Å². The zero-order valence-electron chi connectivity index (χ0n) is 18.8. The third-order valence-electron chi connectivity index (χ3n) is 5.34. The number of rotatable bonds is 11. The molecule has 1 heterocycles. The van der Waals surface area contributed by atoms with Gasteiger partial charge in [-0.2, -0.15) is 0 Å². The number of likely N-dealkylation sites (N-methyl/N-ethyl adjacent to an activating group) is 1. The molecule has 33 heavy (non-hydrogen) atoms. The van der Waals surface area contributed by atoms with E-state index in [0.29, 0.717) is 34.3 Å². The van der Waals surface area contributed by atoms with E-state index in [4.69, 9.17) is 21.1 Å². The molecule has 0 unspecified atom stereocenters. The molecule has 1 aliphatic heterocycles. The molecule has 0 bridgehead atoms. The van der Waals surface area contributed by atoms with E-state index in [1.165, 1.54) is 4.90 Å². The number of hydrogen-bond donors (Lipinski definition) is 1. The van der Waals surface area contributed by atoms with Gasteiger partial charge in [0.2, 0.25) is 5.91 Å². The second-order valence-corrected chi connectivity index (χ2v) is 7.93. The van der Waals surface area contributed by atoms with E-state index in [2.05, 4.69) is 24.1 Å². The van der Waals surface area contributed by atoms with E-state index in [1.807, 2.05) is 0 Å². The minimum Gasteiger partial charge on any atom is -0.485 e. The van der Waals surface area contributed by atoms with Gasteiger partial charge in [-0.25, -0.2) is 0 Å². The van der Waals surface area contributed by atoms with Crippen LogP contribution in [-0.2, 0) is 9.59 Å². The molecule has 0 spiro atoms. The molecule has 0 fully saturated rings. The Balaban J connectivity index is 1.65. The van der Waals surface area contributed by atoms with E-state index in [9.17, 15) is 14.4 Å². The quantitative estimate of drug-likeness (QED) is 0.505. The predicted octanol–water partition coefficient (Wildman–Crippen LogP) is 2.79. The summed E-state index contributed by atoms with van der Waals surface area (Å²) in [6.45, 7) is 6.65. The Bertz CT molecular complexity index is 1010. The van der Waals surface area contributed by atoms with E-state index < -0.39 is 0 Å². The Labute approximate surface area is 198 Å². The first-order valence-corrected chi connectivity index (χ1v) is 11.3. The Kier molecular flexibility index (Phi) is 8.68. The second kappa shape index (κ2) is 11.7. The van der Waals surface area contributed by atoms with Gasteiger partial charge in [0.15, 0.2) is 19.0 Å². The van der Waals surface area contributed by atoms with Crippen molar-refractivity contribution in [2.75, 3.05) is 50.8 Å². The maximum Gasteiger partial charge on any atom is 0.265 e. The molecule has 0 radical (unpaired) electrons. The summed E-state index contributed by atoms with van der Waals surface area (Å²) in [6, 6.07) is 11.6. The summed E-state index contributed by atoms with van der Waals surface area (Å²) in [5.74, 6) is 0.0261. The SMILES string of the molecule is CCN(CC)CCNC(=O)CN1C(=O)COc2ccc(C(=O)COc3cccc(Cl)c3)cc21. The monoisotopic (exact) mass is 473 g/mol. The van der Waals surface area contributed by atoms with Crippen molar-refractivity contribution < 1.29 is 23.9 Å². The highest BCUT2D eigenvalue weighted by molar-refractivity contribution is 6.30. The fourth-order valence-electron chi connectivity index (χ4n) is 3.43. The first-order chi connectivity index (χ1) is 15.9. The lowest BCUT2D eigenvalue weighted by Gasteiger charge is -2.29. The van der Waals surface area contributed by atoms with Crippen LogP contribution in [0.25, 0.3) is 0 Å². The summed E-state index contributed by atoms with van der Waals surface area (Å²) in [5.41, 5.74) is 0.736. The lowest BCUT2D eigenvalue weighted by molar-refractivity contribution is -0.125. The van der Waals surface area contributed by atoms with Crippen LogP contribution in [-0.4, -0.2) is 68.4 Å². The highest BCUT2D eigenvalue weighted by Crippen LogP contribution is 2.33. The van der Waals surface area contributed by atoms with Crippen LogP contribution in [0.1, 0.15) is 24.2 Å². The molecule has 2 aromatic rings. The van der Waals surface area contributed by atoms with Crippen LogP contribution >= 0.6 is 11.6 Å². The third kappa shape index (κ3) is 6.69. The summed E-state index contributed by atoms with van der Waals surface area (Å²) in [4.78, 5) is 41.2. The number of carbonyl (C=O) groups is 3. The molecule has 2 aromatic carbocycles. The molecule has 0 saturated heterocycles. The number of amides is 2. The van der Waals surface area contributed by atoms with Crippen LogP contribution in [0.2, 0.25) is 5.02 Å². The Morgan fingerprint density at radius 1 is 1.18 bits per heavy atom. The summed E-state index contributed by atoms with van der Waals surface area (Å²) in [6.07, 6.45) is 0. The van der Waals surface area contributed by atoms with E-state index in [0.717, 1.165) is 19.6 Å². The number of halogens is 1. The fourth-order valence-corrected chi connectivity index (χ4v) is 3.61. The molecule has 0 aliphatic carbocycles. The number of fused-ring (bicyclic) bond motifs is 1. The van der Waals surface area contributed by atoms with Crippen molar-refractivity contribution in [1.29, 1.82) is 0 Å². The fraction of sp³-hybridized carbons (Fsp3) is 0.375. The number of nitrogens with one attached hydrogen (secondary N) is 1. The molecule has 0 saturated carbocycles. The lowest BCUT2D eigenvalue weighted by Crippen LogP contribution is -2.46. The van der Waals surface area contributed by atoms with Gasteiger partial charge in [0.25, 0.3) is 5.91 Å². The minimum atomic E-state index is -0.346. The second-order valence-electron chi connectivity index (χ2n) is 7.50. The smallest absolute Gasteiger partial charge is 0.265 e. The van der Waals surface area contributed by atoms with Crippen LogP contribution in [0.5, 0.6) is 11.5 Å². The largest absolute Gasteiger partial charge is 0.485 e. The standard InChI is InChI=1S/C24H28ClN3O5/c1-3-27(4-2)11-10-26-23(30)14-28-20-12-17(8-9-22(20)33-16-24(28)31)21(29)15-32-19-7-5-6-18(25)13-19/h5-9,12-13H,3-4,10-11,14-16H2,1-2H3,(H,26,30). The van der Waals surface area contributed by atoms with Crippen molar-refractivity contribution in [3.8, 4) is 11.5 Å². The normalized spacial score (nSPS) is 12.8. The van der Waals surface area contributed by atoms with Crippen LogP contribution in [0.3, 0.4) is 0 Å². The van der Waals surface area contributed by atoms with Crippen LogP contribution < -0.4 is 19.7 Å². The number of anilines is 1. The minimum absolute atomic E-state index is 0.149. The number of hydrogen-bond acceptors (Lipinski definition) is 6. The van der Waals surface area contributed by atoms with Crippen molar-refractivity contribution in [2.24, 2.45) is 0 Å². The lowest BCUT2D eigenvalue weighted by atomic mass is 10.1. The summed E-state index contributed by atoms with van der Waals surface area (Å²) >= 11 is 5.94. The van der Waals surface area contributed by atoms with Gasteiger partial charge in [-0.1, -0.05) is 31.5 Å². The molecule has 3 rings (SSSR count). The van der Waals surface area contributed by atoms with Gasteiger partial charge < -0.3 is 19.7 Å². The third-order valence-corrected chi connectivity index (χ3v) is 5.57. The van der Waals surface area contributed by atoms with Gasteiger partial charge in [-0.3, -0.25) is 19.3 Å². The van der Waals surface area contributed by atoms with E-state index in [1.54, 1.807) is 42.5 Å². The summed E-state index contributed by atoms with van der Waals surface area (Å²) < 4.78 is 11.0. The van der Waals surface area contributed by atoms with E-state index in [-0.39, 0.29) is 37.4 Å². The highest BCUT2D eigenvalue weighted by atomic mass is 35.5. The van der Waals surface area contributed by atoms with Gasteiger partial charge >= 0.3 is 0 Å². The van der Waals surface area contributed by atoms with Gasteiger partial charge in [0.05, 0.1) is 5.69 Å². The molecule has 2 amide bonds. The van der Waals surface area contributed by atoms with E-state index >= 15 is 0 Å². The number of carbonyl (C=O) groups excluding carboxylic acids is 3. The van der Waals surface area contributed by atoms with Crippen molar-refractivity contribution in [3.63, 3.8) is 0 Å². The molecule has 9 heteroatoms. The molecule has 0 atom stereocenters. The average molecular weight is 474 g/mol. The summed E-state index contributed by atoms with van der Waals surface area (Å²) in [7, 11) is 0. The molecular weight excluding hydrogens is 446 g/mol. The molecule has 1 aliphatic rings. The topological polar surface area (TPSA) is 88.2 Å². The molecule has 8 nitrogen and oxygen atoms in total. The molecule has 176 valence electrons. The van der Waals surface area contributed by atoms with Crippen molar-refractivity contribution in [2.45, 2.75) is 13.8 Å². The zero-order chi connectivity index (χ0) is 23.8. The van der Waals surface area contributed by atoms with Crippen molar-refractivity contribution in [3.05, 3.63) is 53.1 Å². The molecule has 0 aromatic heterocycles. The number of ketones is 1. The Hall–Kier alpha value is -3.10. The van der Waals surface area contributed by atoms with Gasteiger partial charge in [0, 0.05) is 23.7 Å². The predicted molar refractivity (Wildman–Crippen MR) is 126 cm³/mol. The maximum atomic E-state index is 12.7. The van der Waals surface area contributed by atoms with Gasteiger partial charge in [0.1, 0.15) is 18.0 Å². The maximum absolute atomic E-state index is 12.7. The average Bonchev–Trinajstić information content (AvgIpc) is 2.82. The zero-order valence-corrected chi connectivity index (χ0v) is 19.6. The number of benzene rings is 2. The molecule has 1 N–H and O–H groups in total. The highest BCUT2D eigenvalue weighted by Gasteiger charge is 2.28. The van der Waals surface area contributed by atoms with Crippen LogP contribution in [0.4, 0.5) is 5.69 Å². The first-order valence-electron chi connectivity index (χ1n) is 10.9. The summed E-state index contributed by atoms with van der Waals surface area (Å²) in [5, 5.41) is 3.36. The van der Waals surface area contributed by atoms with Gasteiger partial charge in [-0.15, -0.1) is 0 Å². The van der Waals surface area contributed by atoms with Crippen molar-refractivity contribution in [1.82, 2.24) is 10.2 Å².